The summed E-state index contributed by atoms with van der Waals surface area (Å²) >= 11 is 0. The van der Waals surface area contributed by atoms with Crippen LogP contribution in [-0.4, -0.2) is 25.3 Å². The predicted octanol–water partition coefficient (Wildman–Crippen LogP) is 1.08. The molecule has 2 fully saturated rings. The molecule has 2 rings (SSSR count). The first-order valence-corrected chi connectivity index (χ1v) is 4.36. The van der Waals surface area contributed by atoms with E-state index in [1.165, 1.54) is 12.8 Å². The minimum Gasteiger partial charge on any atom is -0.378 e. The summed E-state index contributed by atoms with van der Waals surface area (Å²) in [7, 11) is 0. The molecule has 2 heterocycles. The summed E-state index contributed by atoms with van der Waals surface area (Å²) in [6.07, 6.45) is 4.63. The molecule has 0 radical (unpaired) electrons. The number of morpholine rings is 1. The van der Waals surface area contributed by atoms with E-state index in [9.17, 15) is 0 Å². The molecule has 0 aromatic rings. The highest BCUT2D eigenvalue weighted by atomic mass is 16.5. The largest absolute Gasteiger partial charge is 0.378 e. The topological polar surface area (TPSA) is 21.3 Å². The van der Waals surface area contributed by atoms with Gasteiger partial charge >= 0.3 is 0 Å². The third kappa shape index (κ3) is 1.47. The van der Waals surface area contributed by atoms with E-state index < -0.39 is 0 Å². The van der Waals surface area contributed by atoms with Crippen LogP contribution in [0.2, 0.25) is 0 Å². The van der Waals surface area contributed by atoms with Gasteiger partial charge in [0.05, 0.1) is 13.2 Å². The number of fused-ring (bicyclic) bond motifs is 2. The lowest BCUT2D eigenvalue weighted by molar-refractivity contribution is 0.0350. The summed E-state index contributed by atoms with van der Waals surface area (Å²) in [6, 6.07) is 1.18. The molecule has 2 unspecified atom stereocenters. The van der Waals surface area contributed by atoms with Crippen molar-refractivity contribution in [2.24, 2.45) is 0 Å². The van der Waals surface area contributed by atoms with Gasteiger partial charge in [-0.3, -0.25) is 0 Å². The number of nitrogens with one attached hydrogen (secondary N) is 1. The molecule has 0 spiro atoms. The highest BCUT2D eigenvalue weighted by Gasteiger charge is 2.27. The second kappa shape index (κ2) is 2.95. The fourth-order valence-electron chi connectivity index (χ4n) is 1.97. The van der Waals surface area contributed by atoms with Crippen LogP contribution in [0.25, 0.3) is 0 Å². The Morgan fingerprint density at radius 1 is 1.36 bits per heavy atom. The summed E-state index contributed by atoms with van der Waals surface area (Å²) in [4.78, 5) is 0. The summed E-state index contributed by atoms with van der Waals surface area (Å²) in [5, 5.41) is 3.55. The molecular formula is C9H15NO. The van der Waals surface area contributed by atoms with Gasteiger partial charge in [0.15, 0.2) is 0 Å². The highest BCUT2D eigenvalue weighted by Crippen LogP contribution is 2.22. The maximum absolute atomic E-state index is 5.44. The summed E-state index contributed by atoms with van der Waals surface area (Å²) in [5.74, 6) is 0. The van der Waals surface area contributed by atoms with Gasteiger partial charge in [0.25, 0.3) is 0 Å². The molecule has 1 N–H and O–H groups in total. The molecule has 2 bridgehead atoms. The second-order valence-electron chi connectivity index (χ2n) is 3.45. The quantitative estimate of drug-likeness (QED) is 0.526. The zero-order valence-corrected chi connectivity index (χ0v) is 6.97. The summed E-state index contributed by atoms with van der Waals surface area (Å²) < 4.78 is 5.44. The Morgan fingerprint density at radius 3 is 2.55 bits per heavy atom. The Labute approximate surface area is 67.6 Å². The molecule has 2 nitrogen and oxygen atoms in total. The van der Waals surface area contributed by atoms with Gasteiger partial charge in [-0.1, -0.05) is 11.6 Å². The zero-order chi connectivity index (χ0) is 7.68. The van der Waals surface area contributed by atoms with Gasteiger partial charge in [-0.25, -0.2) is 0 Å². The lowest BCUT2D eigenvalue weighted by Gasteiger charge is -2.37. The van der Waals surface area contributed by atoms with Gasteiger partial charge in [0.1, 0.15) is 0 Å². The number of hydrogen-bond acceptors (Lipinski definition) is 2. The van der Waals surface area contributed by atoms with Crippen molar-refractivity contribution < 1.29 is 4.74 Å². The minimum atomic E-state index is 0.591. The van der Waals surface area contributed by atoms with Crippen LogP contribution in [0.5, 0.6) is 0 Å². The number of hydrogen-bond donors (Lipinski definition) is 1. The first-order valence-electron chi connectivity index (χ1n) is 4.36. The van der Waals surface area contributed by atoms with Gasteiger partial charge < -0.3 is 10.1 Å². The lowest BCUT2D eigenvalue weighted by Crippen LogP contribution is -2.52. The number of rotatable bonds is 0. The Balaban J connectivity index is 2.05. The smallest absolute Gasteiger partial charge is 0.0623 e. The van der Waals surface area contributed by atoms with Crippen molar-refractivity contribution in [1.82, 2.24) is 5.32 Å². The van der Waals surface area contributed by atoms with Crippen molar-refractivity contribution in [1.29, 1.82) is 0 Å². The van der Waals surface area contributed by atoms with Crippen molar-refractivity contribution in [3.63, 3.8) is 0 Å². The van der Waals surface area contributed by atoms with E-state index >= 15 is 0 Å². The molecule has 0 amide bonds. The first kappa shape index (κ1) is 7.32. The minimum absolute atomic E-state index is 0.591. The van der Waals surface area contributed by atoms with Gasteiger partial charge in [-0.05, 0) is 19.8 Å². The van der Waals surface area contributed by atoms with Crippen molar-refractivity contribution in [2.75, 3.05) is 13.2 Å². The molecule has 2 heteroatoms. The van der Waals surface area contributed by atoms with Crippen molar-refractivity contribution in [3.8, 4) is 0 Å². The zero-order valence-electron chi connectivity index (χ0n) is 6.97. The van der Waals surface area contributed by atoms with Crippen molar-refractivity contribution in [3.05, 3.63) is 11.6 Å². The van der Waals surface area contributed by atoms with E-state index in [1.54, 1.807) is 5.57 Å². The lowest BCUT2D eigenvalue weighted by atomic mass is 9.92. The van der Waals surface area contributed by atoms with E-state index in [4.69, 9.17) is 4.74 Å². The Hall–Kier alpha value is -0.340. The average molecular weight is 153 g/mol. The fourth-order valence-corrected chi connectivity index (χ4v) is 1.97. The molecule has 2 aliphatic heterocycles. The van der Waals surface area contributed by atoms with Crippen LogP contribution in [0.4, 0.5) is 0 Å². The monoisotopic (exact) mass is 153 g/mol. The van der Waals surface area contributed by atoms with E-state index in [-0.39, 0.29) is 0 Å². The van der Waals surface area contributed by atoms with Crippen LogP contribution in [0, 0.1) is 0 Å². The summed E-state index contributed by atoms with van der Waals surface area (Å²) in [6.45, 7) is 3.93. The normalized spacial score (nSPS) is 37.0. The number of ether oxygens (including phenoxy) is 1. The van der Waals surface area contributed by atoms with E-state index in [2.05, 4.69) is 18.3 Å². The van der Waals surface area contributed by atoms with Gasteiger partial charge in [-0.15, -0.1) is 0 Å². The second-order valence-corrected chi connectivity index (χ2v) is 3.45. The molecule has 2 aliphatic rings. The molecule has 2 atom stereocenters. The van der Waals surface area contributed by atoms with E-state index in [0.29, 0.717) is 12.1 Å². The fraction of sp³-hybridized carbons (Fsp3) is 0.778. The van der Waals surface area contributed by atoms with E-state index in [1.807, 2.05) is 0 Å². The number of allylic oxidation sites excluding steroid dienone is 1. The maximum atomic E-state index is 5.44. The maximum Gasteiger partial charge on any atom is 0.0623 e. The third-order valence-electron chi connectivity index (χ3n) is 2.53. The van der Waals surface area contributed by atoms with Crippen LogP contribution >= 0.6 is 0 Å². The molecule has 0 aromatic heterocycles. The van der Waals surface area contributed by atoms with E-state index in [0.717, 1.165) is 13.2 Å². The SMILES string of the molecule is CC=C1CC2COCC(C1)N2. The van der Waals surface area contributed by atoms with Crippen LogP contribution in [0.15, 0.2) is 11.6 Å². The Morgan fingerprint density at radius 2 is 2.00 bits per heavy atom. The predicted molar refractivity (Wildman–Crippen MR) is 44.5 cm³/mol. The molecule has 0 saturated carbocycles. The van der Waals surface area contributed by atoms with Crippen molar-refractivity contribution in [2.45, 2.75) is 31.8 Å². The molecule has 62 valence electrons. The molecule has 2 saturated heterocycles. The van der Waals surface area contributed by atoms with Crippen LogP contribution in [0.1, 0.15) is 19.8 Å². The standard InChI is InChI=1S/C9H15NO/c1-2-7-3-8-5-11-6-9(4-7)10-8/h2,8-10H,3-6H2,1H3. The van der Waals surface area contributed by atoms with Crippen molar-refractivity contribution >= 4 is 0 Å². The molecule has 0 aromatic carbocycles. The van der Waals surface area contributed by atoms with Crippen LogP contribution in [0.3, 0.4) is 0 Å². The summed E-state index contributed by atoms with van der Waals surface area (Å²) in [5.41, 5.74) is 1.60. The van der Waals surface area contributed by atoms with Gasteiger partial charge in [-0.2, -0.15) is 0 Å². The first-order chi connectivity index (χ1) is 5.38. The average Bonchev–Trinajstić information content (AvgIpc) is 2.03. The number of piperidine rings is 1. The molecular weight excluding hydrogens is 138 g/mol. The Bertz CT molecular complexity index is 162. The van der Waals surface area contributed by atoms with Crippen LogP contribution in [-0.2, 0) is 4.74 Å². The van der Waals surface area contributed by atoms with Gasteiger partial charge in [0, 0.05) is 12.1 Å². The Kier molecular flexibility index (Phi) is 1.96. The molecule has 11 heavy (non-hydrogen) atoms. The third-order valence-corrected chi connectivity index (χ3v) is 2.53. The van der Waals surface area contributed by atoms with Crippen LogP contribution < -0.4 is 5.32 Å². The van der Waals surface area contributed by atoms with Gasteiger partial charge in [0.2, 0.25) is 0 Å². The molecule has 0 aliphatic carbocycles. The highest BCUT2D eigenvalue weighted by molar-refractivity contribution is 5.10.